The lowest BCUT2D eigenvalue weighted by Crippen LogP contribution is -2.30. The summed E-state index contributed by atoms with van der Waals surface area (Å²) in [6.07, 6.45) is 2.15. The Morgan fingerprint density at radius 3 is 2.58 bits per heavy atom. The second-order valence-electron chi connectivity index (χ2n) is 10.7. The molecule has 2 aliphatic carbocycles. The Bertz CT molecular complexity index is 1420. The van der Waals surface area contributed by atoms with Gasteiger partial charge >= 0.3 is 0 Å². The van der Waals surface area contributed by atoms with Crippen LogP contribution >= 0.6 is 0 Å². The first-order valence-corrected chi connectivity index (χ1v) is 14.8. The molecule has 0 spiro atoms. The number of aryl methyl sites for hydroxylation is 1. The minimum absolute atomic E-state index is 0.0955. The minimum Gasteiger partial charge on any atom is -0.489 e. The highest BCUT2D eigenvalue weighted by molar-refractivity contribution is 7.91. The molecule has 2 fully saturated rings. The van der Waals surface area contributed by atoms with Crippen LogP contribution in [0.2, 0.25) is 0 Å². The molecule has 36 heavy (non-hydrogen) atoms. The molecule has 1 saturated carbocycles. The summed E-state index contributed by atoms with van der Waals surface area (Å²) in [6, 6.07) is 16.9. The molecule has 188 valence electrons. The zero-order chi connectivity index (χ0) is 25.0. The number of rotatable bonds is 6. The van der Waals surface area contributed by atoms with Crippen molar-refractivity contribution in [3.8, 4) is 22.8 Å². The van der Waals surface area contributed by atoms with Gasteiger partial charge in [0.2, 0.25) is 5.88 Å². The third kappa shape index (κ3) is 4.40. The van der Waals surface area contributed by atoms with Crippen LogP contribution in [0, 0.1) is 25.7 Å². The van der Waals surface area contributed by atoms with Crippen molar-refractivity contribution in [2.75, 3.05) is 11.5 Å². The van der Waals surface area contributed by atoms with Crippen LogP contribution in [0.4, 0.5) is 0 Å². The molecule has 3 aromatic rings. The second-order valence-corrected chi connectivity index (χ2v) is 13.0. The van der Waals surface area contributed by atoms with Gasteiger partial charge in [0.25, 0.3) is 0 Å². The summed E-state index contributed by atoms with van der Waals surface area (Å²) in [5.41, 5.74) is 8.44. The maximum absolute atomic E-state index is 11.7. The predicted octanol–water partition coefficient (Wildman–Crippen LogP) is 5.81. The van der Waals surface area contributed by atoms with Crippen molar-refractivity contribution in [2.24, 2.45) is 11.8 Å². The molecular formula is C30H33NO4S. The predicted molar refractivity (Wildman–Crippen MR) is 141 cm³/mol. The fourth-order valence-electron chi connectivity index (χ4n) is 6.14. The molecule has 1 aliphatic heterocycles. The standard InChI is InChI=1S/C30H33NO4S/c1-18-21(17-34-24-7-8-27-22(15-24)16-28-19(2)30(27)28)5-4-6-25(18)26-9-10-29(31-20(26)3)35-23-11-13-36(32,33)14-12-23/h4-10,15,19,23,28,30H,11-14,16-17H2,1-3H3/t19-,28-,30-/m0/s1. The van der Waals surface area contributed by atoms with Crippen LogP contribution in [-0.2, 0) is 22.9 Å². The largest absolute Gasteiger partial charge is 0.489 e. The van der Waals surface area contributed by atoms with E-state index in [-0.39, 0.29) is 17.6 Å². The van der Waals surface area contributed by atoms with Crippen LogP contribution in [0.3, 0.4) is 0 Å². The first-order chi connectivity index (χ1) is 17.3. The molecule has 2 heterocycles. The van der Waals surface area contributed by atoms with Gasteiger partial charge in [-0.25, -0.2) is 13.4 Å². The van der Waals surface area contributed by atoms with E-state index in [2.05, 4.69) is 61.3 Å². The van der Waals surface area contributed by atoms with E-state index in [9.17, 15) is 8.42 Å². The number of ether oxygens (including phenoxy) is 2. The molecule has 0 bridgehead atoms. The molecule has 6 heteroatoms. The van der Waals surface area contributed by atoms with Crippen LogP contribution in [0.5, 0.6) is 11.6 Å². The maximum atomic E-state index is 11.7. The summed E-state index contributed by atoms with van der Waals surface area (Å²) in [6.45, 7) is 7.02. The van der Waals surface area contributed by atoms with Gasteiger partial charge in [-0.15, -0.1) is 0 Å². The second kappa shape index (κ2) is 8.91. The smallest absolute Gasteiger partial charge is 0.213 e. The van der Waals surface area contributed by atoms with Crippen LogP contribution in [0.15, 0.2) is 48.5 Å². The fourth-order valence-corrected chi connectivity index (χ4v) is 7.59. The number of sulfone groups is 1. The Morgan fingerprint density at radius 2 is 1.81 bits per heavy atom. The molecule has 0 unspecified atom stereocenters. The molecule has 0 amide bonds. The molecule has 1 aromatic heterocycles. The summed E-state index contributed by atoms with van der Waals surface area (Å²) >= 11 is 0. The van der Waals surface area contributed by atoms with Crippen LogP contribution in [0.1, 0.15) is 53.6 Å². The number of benzene rings is 2. The van der Waals surface area contributed by atoms with Gasteiger partial charge < -0.3 is 9.47 Å². The Hall–Kier alpha value is -2.86. The summed E-state index contributed by atoms with van der Waals surface area (Å²) in [7, 11) is -2.91. The number of nitrogens with zero attached hydrogens (tertiary/aromatic N) is 1. The third-order valence-corrected chi connectivity index (χ3v) is 10.2. The van der Waals surface area contributed by atoms with Crippen LogP contribution in [0.25, 0.3) is 11.1 Å². The van der Waals surface area contributed by atoms with E-state index in [1.807, 2.05) is 13.0 Å². The maximum Gasteiger partial charge on any atom is 0.213 e. The third-order valence-electron chi connectivity index (χ3n) is 8.47. The van der Waals surface area contributed by atoms with E-state index in [0.717, 1.165) is 45.9 Å². The average Bonchev–Trinajstić information content (AvgIpc) is 3.30. The van der Waals surface area contributed by atoms with E-state index < -0.39 is 9.84 Å². The summed E-state index contributed by atoms with van der Waals surface area (Å²) in [5, 5.41) is 0. The quantitative estimate of drug-likeness (QED) is 0.425. The Balaban J connectivity index is 1.15. The highest BCUT2D eigenvalue weighted by Crippen LogP contribution is 2.61. The van der Waals surface area contributed by atoms with Crippen molar-refractivity contribution in [1.82, 2.24) is 4.98 Å². The van der Waals surface area contributed by atoms with Gasteiger partial charge in [-0.1, -0.05) is 31.2 Å². The first kappa shape index (κ1) is 23.5. The zero-order valence-electron chi connectivity index (χ0n) is 21.2. The lowest BCUT2D eigenvalue weighted by Gasteiger charge is -2.23. The monoisotopic (exact) mass is 503 g/mol. The van der Waals surface area contributed by atoms with Crippen molar-refractivity contribution in [1.29, 1.82) is 0 Å². The van der Waals surface area contributed by atoms with Gasteiger partial charge in [0.1, 0.15) is 18.5 Å². The van der Waals surface area contributed by atoms with Crippen molar-refractivity contribution in [3.63, 3.8) is 0 Å². The Kier molecular flexibility index (Phi) is 5.83. The van der Waals surface area contributed by atoms with E-state index >= 15 is 0 Å². The number of hydrogen-bond acceptors (Lipinski definition) is 5. The number of hydrogen-bond donors (Lipinski definition) is 0. The van der Waals surface area contributed by atoms with Gasteiger partial charge in [0.05, 0.1) is 11.5 Å². The van der Waals surface area contributed by atoms with Gasteiger partial charge in [-0.05, 0) is 96.9 Å². The van der Waals surface area contributed by atoms with Gasteiger partial charge in [-0.3, -0.25) is 0 Å². The molecule has 6 rings (SSSR count). The van der Waals surface area contributed by atoms with E-state index in [1.54, 1.807) is 0 Å². The van der Waals surface area contributed by atoms with Crippen LogP contribution < -0.4 is 9.47 Å². The van der Waals surface area contributed by atoms with E-state index in [4.69, 9.17) is 9.47 Å². The molecule has 5 nitrogen and oxygen atoms in total. The number of fused-ring (bicyclic) bond motifs is 3. The highest BCUT2D eigenvalue weighted by Gasteiger charge is 2.52. The SMILES string of the molecule is Cc1nc(OC2CCS(=O)(=O)CC2)ccc1-c1cccc(COc2ccc3c(c2)C[C@H]2[C@H](C)[C@@H]32)c1C. The van der Waals surface area contributed by atoms with Crippen LogP contribution in [-0.4, -0.2) is 31.0 Å². The van der Waals surface area contributed by atoms with Crippen molar-refractivity contribution < 1.29 is 17.9 Å². The fraction of sp³-hybridized carbons (Fsp3) is 0.433. The highest BCUT2D eigenvalue weighted by atomic mass is 32.2. The Labute approximate surface area is 213 Å². The molecule has 3 aliphatic rings. The van der Waals surface area contributed by atoms with E-state index in [1.165, 1.54) is 23.1 Å². The van der Waals surface area contributed by atoms with E-state index in [0.29, 0.717) is 25.3 Å². The first-order valence-electron chi connectivity index (χ1n) is 13.0. The zero-order valence-corrected chi connectivity index (χ0v) is 22.0. The summed E-state index contributed by atoms with van der Waals surface area (Å²) in [5.74, 6) is 4.35. The lowest BCUT2D eigenvalue weighted by molar-refractivity contribution is 0.181. The average molecular weight is 504 g/mol. The Morgan fingerprint density at radius 1 is 1.00 bits per heavy atom. The molecule has 2 aromatic carbocycles. The summed E-state index contributed by atoms with van der Waals surface area (Å²) in [4.78, 5) is 4.69. The van der Waals surface area contributed by atoms with Crippen molar-refractivity contribution in [2.45, 2.75) is 58.7 Å². The number of pyridine rings is 1. The van der Waals surface area contributed by atoms with Crippen molar-refractivity contribution >= 4 is 9.84 Å². The molecule has 3 atom stereocenters. The lowest BCUT2D eigenvalue weighted by atomic mass is 9.96. The minimum atomic E-state index is -2.91. The molecule has 1 saturated heterocycles. The topological polar surface area (TPSA) is 65.5 Å². The summed E-state index contributed by atoms with van der Waals surface area (Å²) < 4.78 is 35.6. The molecular weight excluding hydrogens is 470 g/mol. The normalized spacial score (nSPS) is 24.1. The van der Waals surface area contributed by atoms with Gasteiger partial charge in [0, 0.05) is 17.3 Å². The van der Waals surface area contributed by atoms with Gasteiger partial charge in [-0.2, -0.15) is 0 Å². The number of aromatic nitrogens is 1. The molecule has 0 radical (unpaired) electrons. The molecule has 0 N–H and O–H groups in total. The van der Waals surface area contributed by atoms with Gasteiger partial charge in [0.15, 0.2) is 9.84 Å². The van der Waals surface area contributed by atoms with Crippen molar-refractivity contribution in [3.05, 3.63) is 76.5 Å².